The summed E-state index contributed by atoms with van der Waals surface area (Å²) in [6, 6.07) is 6.93. The summed E-state index contributed by atoms with van der Waals surface area (Å²) in [5.74, 6) is -0.363. The number of nitrogens with one attached hydrogen (secondary N) is 2. The van der Waals surface area contributed by atoms with Crippen LogP contribution in [-0.2, 0) is 20.9 Å². The van der Waals surface area contributed by atoms with E-state index >= 15 is 0 Å². The van der Waals surface area contributed by atoms with Crippen molar-refractivity contribution in [2.75, 3.05) is 31.6 Å². The Morgan fingerprint density at radius 1 is 1.12 bits per heavy atom. The van der Waals surface area contributed by atoms with Crippen LogP contribution in [0, 0.1) is 12.3 Å². The van der Waals surface area contributed by atoms with Crippen LogP contribution in [0.25, 0.3) is 10.4 Å². The molecule has 1 aliphatic heterocycles. The first kappa shape index (κ1) is 34.6. The average molecular weight is 666 g/mol. The Morgan fingerprint density at radius 3 is 2.43 bits per heavy atom. The molecule has 3 atom stereocenters. The zero-order chi connectivity index (χ0) is 30.5. The van der Waals surface area contributed by atoms with Gasteiger partial charge in [0, 0.05) is 38.1 Å². The van der Waals surface area contributed by atoms with Gasteiger partial charge >= 0.3 is 0 Å². The number of aryl methyl sites for hydroxylation is 1. The highest BCUT2D eigenvalue weighted by Gasteiger charge is 2.43. The van der Waals surface area contributed by atoms with Crippen molar-refractivity contribution in [1.29, 1.82) is 0 Å². The van der Waals surface area contributed by atoms with Crippen LogP contribution >= 0.6 is 27.3 Å². The predicted octanol–water partition coefficient (Wildman–Crippen LogP) is 5.45. The second-order valence-electron chi connectivity index (χ2n) is 12.3. The van der Waals surface area contributed by atoms with Gasteiger partial charge in [0.2, 0.25) is 11.8 Å². The fourth-order valence-corrected chi connectivity index (χ4v) is 6.43. The summed E-state index contributed by atoms with van der Waals surface area (Å²) in [5.41, 5.74) is 4.58. The maximum atomic E-state index is 13.8. The highest BCUT2D eigenvalue weighted by molar-refractivity contribution is 9.09. The zero-order valence-electron chi connectivity index (χ0n) is 25.7. The lowest BCUT2D eigenvalue weighted by atomic mass is 9.85. The summed E-state index contributed by atoms with van der Waals surface area (Å²) < 4.78 is 5.72. The average Bonchev–Trinajstić information content (AvgIpc) is 3.57. The molecule has 2 amide bonds. The molecule has 1 aromatic carbocycles. The molecule has 0 saturated carbocycles. The number of aromatic nitrogens is 1. The molecule has 8 nitrogen and oxygen atoms in total. The number of unbranched alkanes of at least 4 members (excludes halogenated alkanes) is 4. The van der Waals surface area contributed by atoms with Gasteiger partial charge in [-0.3, -0.25) is 9.59 Å². The second-order valence-corrected chi connectivity index (χ2v) is 13.9. The molecular weight excluding hydrogens is 616 g/mol. The topological polar surface area (TPSA) is 104 Å². The molecule has 1 fully saturated rings. The number of aliphatic hydroxyl groups excluding tert-OH is 1. The number of hydrogen-bond donors (Lipinski definition) is 3. The van der Waals surface area contributed by atoms with Gasteiger partial charge in [-0.2, -0.15) is 0 Å². The summed E-state index contributed by atoms with van der Waals surface area (Å²) in [6.45, 7) is 10.9. The van der Waals surface area contributed by atoms with Crippen molar-refractivity contribution in [3.8, 4) is 10.4 Å². The van der Waals surface area contributed by atoms with Gasteiger partial charge in [0.05, 0.1) is 28.2 Å². The van der Waals surface area contributed by atoms with E-state index in [1.807, 2.05) is 57.5 Å². The van der Waals surface area contributed by atoms with E-state index in [2.05, 4.69) is 31.5 Å². The molecule has 3 rings (SSSR count). The molecule has 2 aromatic rings. The first-order valence-electron chi connectivity index (χ1n) is 15.2. The lowest BCUT2D eigenvalue weighted by Gasteiger charge is -2.35. The summed E-state index contributed by atoms with van der Waals surface area (Å²) in [7, 11) is 0. The molecule has 42 heavy (non-hydrogen) atoms. The van der Waals surface area contributed by atoms with Crippen LogP contribution in [0.15, 0.2) is 29.8 Å². The number of rotatable bonds is 17. The molecule has 3 N–H and O–H groups in total. The predicted molar refractivity (Wildman–Crippen MR) is 174 cm³/mol. The molecule has 1 aliphatic rings. The number of alkyl halides is 1. The van der Waals surface area contributed by atoms with Gasteiger partial charge in [-0.15, -0.1) is 11.3 Å². The minimum absolute atomic E-state index is 0.129. The number of aliphatic hydroxyl groups is 1. The Bertz CT molecular complexity index is 1100. The minimum atomic E-state index is -0.716. The van der Waals surface area contributed by atoms with E-state index in [0.717, 1.165) is 65.9 Å². The van der Waals surface area contributed by atoms with Gasteiger partial charge < -0.3 is 25.4 Å². The number of carbonyl (C=O) groups excluding carboxylic acids is 2. The second kappa shape index (κ2) is 17.4. The fourth-order valence-electron chi connectivity index (χ4n) is 5.23. The van der Waals surface area contributed by atoms with E-state index in [1.54, 1.807) is 16.2 Å². The number of carbonyl (C=O) groups is 2. The monoisotopic (exact) mass is 664 g/mol. The minimum Gasteiger partial charge on any atom is -0.391 e. The van der Waals surface area contributed by atoms with E-state index < -0.39 is 18.2 Å². The van der Waals surface area contributed by atoms with Gasteiger partial charge in [-0.1, -0.05) is 67.4 Å². The van der Waals surface area contributed by atoms with Crippen molar-refractivity contribution in [1.82, 2.24) is 20.5 Å². The number of benzene rings is 1. The summed E-state index contributed by atoms with van der Waals surface area (Å²) in [6.07, 6.45) is 5.98. The number of β-amino-alcohol motifs (C(OH)–C–C–N with tert-alkyl or cyclic N) is 1. The number of ether oxygens (including phenoxy) is 1. The van der Waals surface area contributed by atoms with E-state index in [-0.39, 0.29) is 30.2 Å². The third-order valence-corrected chi connectivity index (χ3v) is 9.18. The number of thiazole rings is 1. The van der Waals surface area contributed by atoms with Crippen LogP contribution in [0.2, 0.25) is 0 Å². The lowest BCUT2D eigenvalue weighted by Crippen LogP contribution is -2.56. The Balaban J connectivity index is 1.48. The van der Waals surface area contributed by atoms with Crippen molar-refractivity contribution >= 4 is 39.1 Å². The summed E-state index contributed by atoms with van der Waals surface area (Å²) in [4.78, 5) is 34.0. The van der Waals surface area contributed by atoms with E-state index in [4.69, 9.17) is 4.74 Å². The van der Waals surface area contributed by atoms with Crippen molar-refractivity contribution in [3.05, 3.63) is 41.0 Å². The molecule has 0 aliphatic carbocycles. The molecular formula is C32H49BrN4O4S. The van der Waals surface area contributed by atoms with Gasteiger partial charge in [0.25, 0.3) is 0 Å². The molecule has 1 saturated heterocycles. The third-order valence-electron chi connectivity index (χ3n) is 7.64. The maximum Gasteiger partial charge on any atom is 0.243 e. The fraction of sp³-hybridized carbons (Fsp3) is 0.656. The Hall–Kier alpha value is -1.85. The normalized spacial score (nSPS) is 17.9. The van der Waals surface area contributed by atoms with Crippen LogP contribution in [-0.4, -0.2) is 76.6 Å². The molecule has 10 heteroatoms. The van der Waals surface area contributed by atoms with Gasteiger partial charge in [0.15, 0.2) is 0 Å². The third kappa shape index (κ3) is 10.7. The van der Waals surface area contributed by atoms with Crippen molar-refractivity contribution in [2.24, 2.45) is 5.41 Å². The first-order chi connectivity index (χ1) is 20.1. The number of halogens is 1. The Morgan fingerprint density at radius 2 is 1.81 bits per heavy atom. The van der Waals surface area contributed by atoms with Crippen molar-refractivity contribution < 1.29 is 19.4 Å². The summed E-state index contributed by atoms with van der Waals surface area (Å²) in [5, 5.41) is 17.9. The smallest absolute Gasteiger partial charge is 0.243 e. The number of likely N-dealkylation sites (tertiary alicyclic amines) is 1. The number of amides is 2. The quantitative estimate of drug-likeness (QED) is 0.153. The molecule has 1 aromatic heterocycles. The summed E-state index contributed by atoms with van der Waals surface area (Å²) >= 11 is 5.06. The standard InChI is InChI=1S/C32H49BrN4O4S/c1-23-28(42-22-36-23)25-13-11-24(12-14-25)20-35-30(39)27-19-26(38)21-37(27)31(40)29(32(2,3)4)34-16-8-6-10-18-41-17-9-5-7-15-33/h11-14,22,26-27,29,34,38H,5-10,15-21H2,1-4H3,(H,35,39)/t26-,27+,29-/m1/s1. The van der Waals surface area contributed by atoms with Gasteiger partial charge in [-0.25, -0.2) is 4.98 Å². The Labute approximate surface area is 264 Å². The first-order valence-corrected chi connectivity index (χ1v) is 17.2. The van der Waals surface area contributed by atoms with Gasteiger partial charge in [0.1, 0.15) is 6.04 Å². The molecule has 0 spiro atoms. The lowest BCUT2D eigenvalue weighted by molar-refractivity contribution is -0.142. The molecule has 0 radical (unpaired) electrons. The highest BCUT2D eigenvalue weighted by Crippen LogP contribution is 2.28. The molecule has 0 unspecified atom stereocenters. The van der Waals surface area contributed by atoms with E-state index in [1.165, 1.54) is 12.8 Å². The van der Waals surface area contributed by atoms with Gasteiger partial charge in [-0.05, 0) is 62.1 Å². The zero-order valence-corrected chi connectivity index (χ0v) is 28.1. The van der Waals surface area contributed by atoms with Crippen molar-refractivity contribution in [2.45, 2.75) is 97.4 Å². The SMILES string of the molecule is Cc1ncsc1-c1ccc(CNC(=O)[C@@H]2C[C@@H](O)CN2C(=O)[C@@H](NCCCCCOCCCCCBr)C(C)(C)C)cc1. The highest BCUT2D eigenvalue weighted by atomic mass is 79.9. The largest absolute Gasteiger partial charge is 0.391 e. The van der Waals surface area contributed by atoms with Crippen LogP contribution in [0.3, 0.4) is 0 Å². The van der Waals surface area contributed by atoms with Crippen molar-refractivity contribution in [3.63, 3.8) is 0 Å². The van der Waals surface area contributed by atoms with Crippen LogP contribution in [0.1, 0.15) is 77.0 Å². The van der Waals surface area contributed by atoms with Crippen LogP contribution in [0.4, 0.5) is 0 Å². The Kier molecular flexibility index (Phi) is 14.4. The van der Waals surface area contributed by atoms with Crippen LogP contribution < -0.4 is 10.6 Å². The molecule has 0 bridgehead atoms. The molecule has 2 heterocycles. The maximum absolute atomic E-state index is 13.8. The number of hydrogen-bond acceptors (Lipinski definition) is 7. The van der Waals surface area contributed by atoms with Crippen LogP contribution in [0.5, 0.6) is 0 Å². The van der Waals surface area contributed by atoms with E-state index in [9.17, 15) is 14.7 Å². The van der Waals surface area contributed by atoms with E-state index in [0.29, 0.717) is 13.1 Å². The molecule has 234 valence electrons. The number of nitrogens with zero attached hydrogens (tertiary/aromatic N) is 2.